The third-order valence-electron chi connectivity index (χ3n) is 12.9. The lowest BCUT2D eigenvalue weighted by Gasteiger charge is -2.71. The number of nitrogens with zero attached hydrogens (tertiary/aromatic N) is 6. The first-order valence-corrected chi connectivity index (χ1v) is 18.3. The molecule has 0 unspecified atom stereocenters. The zero-order valence-electron chi connectivity index (χ0n) is 28.7. The Morgan fingerprint density at radius 2 is 1.81 bits per heavy atom. The molecule has 5 fully saturated rings. The summed E-state index contributed by atoms with van der Waals surface area (Å²) in [6.07, 6.45) is 17.2. The number of carboxylic acids is 1. The highest BCUT2D eigenvalue weighted by Gasteiger charge is 2.74. The Balaban J connectivity index is 1.15. The lowest BCUT2D eigenvalue weighted by atomic mass is 9.33. The van der Waals surface area contributed by atoms with E-state index in [0.29, 0.717) is 24.5 Å². The van der Waals surface area contributed by atoms with Gasteiger partial charge >= 0.3 is 5.97 Å². The van der Waals surface area contributed by atoms with E-state index in [4.69, 9.17) is 9.97 Å². The van der Waals surface area contributed by atoms with Crippen LogP contribution < -0.4 is 10.2 Å². The van der Waals surface area contributed by atoms with Crippen molar-refractivity contribution in [2.24, 2.45) is 17.9 Å². The van der Waals surface area contributed by atoms with E-state index in [1.54, 1.807) is 12.1 Å². The molecule has 10 heteroatoms. The number of hydrogen-bond donors (Lipinski definition) is 2. The van der Waals surface area contributed by atoms with Gasteiger partial charge < -0.3 is 15.3 Å². The van der Waals surface area contributed by atoms with Crippen LogP contribution in [0.25, 0.3) is 0 Å². The van der Waals surface area contributed by atoms with Crippen molar-refractivity contribution in [2.45, 2.75) is 120 Å². The number of aliphatic carboxylic acids is 1. The van der Waals surface area contributed by atoms with E-state index in [1.165, 1.54) is 38.5 Å². The minimum Gasteiger partial charge on any atom is -0.481 e. The number of fused-ring (bicyclic) bond motifs is 3. The van der Waals surface area contributed by atoms with Gasteiger partial charge in [0.2, 0.25) is 5.95 Å². The second-order valence-corrected chi connectivity index (χ2v) is 15.8. The van der Waals surface area contributed by atoms with E-state index in [1.807, 2.05) is 30.1 Å². The molecular formula is C38H50FN7O2. The summed E-state index contributed by atoms with van der Waals surface area (Å²) in [7, 11) is 4.06. The topological polar surface area (TPSA) is 99.4 Å². The molecule has 3 aromatic rings. The maximum Gasteiger partial charge on any atom is 0.309 e. The van der Waals surface area contributed by atoms with Gasteiger partial charge in [-0.1, -0.05) is 38.0 Å². The fraction of sp³-hybridized carbons (Fsp3) is 0.632. The van der Waals surface area contributed by atoms with Crippen molar-refractivity contribution in [2.75, 3.05) is 23.8 Å². The van der Waals surface area contributed by atoms with Crippen molar-refractivity contribution in [3.8, 4) is 0 Å². The van der Waals surface area contributed by atoms with Crippen molar-refractivity contribution in [1.29, 1.82) is 0 Å². The number of aromatic nitrogens is 4. The Bertz CT molecular complexity index is 1650. The molecule has 4 heterocycles. The smallest absolute Gasteiger partial charge is 0.309 e. The minimum absolute atomic E-state index is 0.00890. The molecule has 3 atom stereocenters. The van der Waals surface area contributed by atoms with Crippen LogP contribution in [0, 0.1) is 16.6 Å². The van der Waals surface area contributed by atoms with E-state index in [0.717, 1.165) is 73.3 Å². The highest BCUT2D eigenvalue weighted by atomic mass is 19.1. The summed E-state index contributed by atoms with van der Waals surface area (Å²) >= 11 is 0. The summed E-state index contributed by atoms with van der Waals surface area (Å²) < 4.78 is 17.0. The molecule has 0 amide bonds. The monoisotopic (exact) mass is 655 g/mol. The lowest BCUT2D eigenvalue weighted by Crippen LogP contribution is -2.72. The highest BCUT2D eigenvalue weighted by molar-refractivity contribution is 5.79. The van der Waals surface area contributed by atoms with Crippen molar-refractivity contribution in [1.82, 2.24) is 24.6 Å². The van der Waals surface area contributed by atoms with Crippen molar-refractivity contribution >= 4 is 17.7 Å². The maximum absolute atomic E-state index is 15.1. The van der Waals surface area contributed by atoms with Crippen LogP contribution in [0.4, 0.5) is 16.2 Å². The SMILES string of the molecule is CC[C@@H](N(C)c1nc2c(c(N[C@@H](CN3C4CCCC3CCC4)c3cnn(C)c3)n1)C[C@H](c1ccccc1F)CC2)C12CC(C(=O)O)(C1)C2. The van der Waals surface area contributed by atoms with Crippen LogP contribution in [0.5, 0.6) is 0 Å². The van der Waals surface area contributed by atoms with Crippen LogP contribution in [0.2, 0.25) is 0 Å². The molecule has 2 aliphatic heterocycles. The van der Waals surface area contributed by atoms with Gasteiger partial charge in [0.1, 0.15) is 11.6 Å². The fourth-order valence-electron chi connectivity index (χ4n) is 10.6. The summed E-state index contributed by atoms with van der Waals surface area (Å²) in [5.74, 6) is 0.795. The average Bonchev–Trinajstić information content (AvgIpc) is 3.47. The number of aryl methyl sites for hydroxylation is 2. The van der Waals surface area contributed by atoms with E-state index >= 15 is 4.39 Å². The molecule has 3 saturated carbocycles. The van der Waals surface area contributed by atoms with Gasteiger partial charge in [0, 0.05) is 56.1 Å². The zero-order chi connectivity index (χ0) is 33.2. The second-order valence-electron chi connectivity index (χ2n) is 15.8. The number of anilines is 2. The maximum atomic E-state index is 15.1. The number of rotatable bonds is 11. The Kier molecular flexibility index (Phi) is 8.00. The Morgan fingerprint density at radius 3 is 2.44 bits per heavy atom. The summed E-state index contributed by atoms with van der Waals surface area (Å²) in [4.78, 5) is 27.5. The summed E-state index contributed by atoms with van der Waals surface area (Å²) in [6, 6.07) is 8.58. The molecule has 4 aliphatic carbocycles. The molecule has 256 valence electrons. The van der Waals surface area contributed by atoms with Gasteiger partial charge in [0.25, 0.3) is 0 Å². The third kappa shape index (κ3) is 5.29. The van der Waals surface area contributed by atoms with Gasteiger partial charge in [-0.05, 0) is 93.6 Å². The standard InChI is InChI=1S/C38H50FN7O2/c1-4-33(37-21-38(22-37,23-37)35(47)48)45(3)36-42-31-16-15-24(28-13-5-6-14-30(28)39)17-29(31)34(43-36)41-32(25-18-40-44(2)19-25)20-46-26-9-7-10-27(46)12-8-11-26/h5-6,13-14,18-19,24,26-27,32-33H,4,7-12,15-17,20-23H2,1-3H3,(H,47,48)(H,41,42,43)/t24-,26?,27?,32+,33-,37?,38?/m1/s1. The molecule has 9 nitrogen and oxygen atoms in total. The number of nitrogens with one attached hydrogen (secondary N) is 1. The number of piperidine rings is 2. The molecule has 2 saturated heterocycles. The summed E-state index contributed by atoms with van der Waals surface area (Å²) in [5.41, 5.74) is 3.52. The van der Waals surface area contributed by atoms with Crippen LogP contribution in [0.15, 0.2) is 36.7 Å². The van der Waals surface area contributed by atoms with E-state index in [9.17, 15) is 9.90 Å². The van der Waals surface area contributed by atoms with Gasteiger partial charge in [-0.2, -0.15) is 10.1 Å². The fourth-order valence-corrected chi connectivity index (χ4v) is 10.6. The first kappa shape index (κ1) is 31.7. The minimum atomic E-state index is -0.651. The van der Waals surface area contributed by atoms with Crippen LogP contribution in [0.1, 0.15) is 112 Å². The van der Waals surface area contributed by atoms with Crippen LogP contribution >= 0.6 is 0 Å². The molecule has 1 aromatic carbocycles. The Morgan fingerprint density at radius 1 is 1.10 bits per heavy atom. The number of carbonyl (C=O) groups is 1. The molecule has 9 rings (SSSR count). The molecule has 6 aliphatic rings. The predicted molar refractivity (Wildman–Crippen MR) is 184 cm³/mol. The first-order chi connectivity index (χ1) is 23.2. The molecule has 48 heavy (non-hydrogen) atoms. The number of halogens is 1. The second kappa shape index (κ2) is 12.1. The van der Waals surface area contributed by atoms with Gasteiger partial charge in [-0.25, -0.2) is 9.37 Å². The zero-order valence-corrected chi connectivity index (χ0v) is 28.7. The van der Waals surface area contributed by atoms with E-state index in [-0.39, 0.29) is 29.2 Å². The van der Waals surface area contributed by atoms with Gasteiger partial charge in [-0.15, -0.1) is 0 Å². The van der Waals surface area contributed by atoms with Crippen LogP contribution in [-0.4, -0.2) is 67.4 Å². The number of hydrogen-bond acceptors (Lipinski definition) is 7. The van der Waals surface area contributed by atoms with Crippen LogP contribution in [0.3, 0.4) is 0 Å². The van der Waals surface area contributed by atoms with Gasteiger partial charge in [0.05, 0.1) is 23.3 Å². The highest BCUT2D eigenvalue weighted by Crippen LogP contribution is 2.75. The largest absolute Gasteiger partial charge is 0.481 e. The molecule has 2 aromatic heterocycles. The van der Waals surface area contributed by atoms with Gasteiger partial charge in [0.15, 0.2) is 0 Å². The molecule has 2 N–H and O–H groups in total. The third-order valence-corrected chi connectivity index (χ3v) is 12.9. The van der Waals surface area contributed by atoms with Crippen LogP contribution in [-0.2, 0) is 24.7 Å². The molecule has 0 radical (unpaired) electrons. The van der Waals surface area contributed by atoms with Crippen molar-refractivity contribution < 1.29 is 14.3 Å². The average molecular weight is 656 g/mol. The van der Waals surface area contributed by atoms with Crippen molar-refractivity contribution in [3.05, 3.63) is 64.9 Å². The summed E-state index contributed by atoms with van der Waals surface area (Å²) in [6.45, 7) is 3.08. The molecule has 4 bridgehead atoms. The normalized spacial score (nSPS) is 30.4. The summed E-state index contributed by atoms with van der Waals surface area (Å²) in [5, 5.41) is 18.4. The Labute approximate surface area is 283 Å². The number of carboxylic acid groups (broad SMARTS) is 1. The quantitative estimate of drug-likeness (QED) is 0.237. The number of benzene rings is 1. The molecular weight excluding hydrogens is 605 g/mol. The van der Waals surface area contributed by atoms with E-state index < -0.39 is 11.4 Å². The van der Waals surface area contributed by atoms with Gasteiger partial charge in [-0.3, -0.25) is 14.4 Å². The predicted octanol–water partition coefficient (Wildman–Crippen LogP) is 6.65. The Hall–Kier alpha value is -3.53. The lowest BCUT2D eigenvalue weighted by molar-refractivity contribution is -0.230. The first-order valence-electron chi connectivity index (χ1n) is 18.3. The van der Waals surface area contributed by atoms with E-state index in [2.05, 4.69) is 40.4 Å². The molecule has 0 spiro atoms. The van der Waals surface area contributed by atoms with Crippen molar-refractivity contribution in [3.63, 3.8) is 0 Å².